The van der Waals surface area contributed by atoms with Gasteiger partial charge in [0.25, 0.3) is 5.91 Å². The van der Waals surface area contributed by atoms with Gasteiger partial charge in [-0.05, 0) is 43.7 Å². The highest BCUT2D eigenvalue weighted by Gasteiger charge is 2.31. The SMILES string of the molecule is N#Cc1c[nH]c2nc(Nc3ccc(C(=O)N4CCC(N5CCOCC5)CC4)c4c3OCC4)nc(NCC3CCCC3)c12. The number of H-pyrrole nitrogens is 1. The van der Waals surface area contributed by atoms with Gasteiger partial charge in [-0.2, -0.15) is 15.2 Å². The molecule has 1 saturated carbocycles. The van der Waals surface area contributed by atoms with Crippen molar-refractivity contribution in [2.24, 2.45) is 5.92 Å². The summed E-state index contributed by atoms with van der Waals surface area (Å²) in [6.07, 6.45) is 9.31. The fourth-order valence-corrected chi connectivity index (χ4v) is 7.02. The Kier molecular flexibility index (Phi) is 7.57. The van der Waals surface area contributed by atoms with Crippen LogP contribution in [-0.2, 0) is 11.2 Å². The molecule has 3 aliphatic heterocycles. The van der Waals surface area contributed by atoms with Crippen LogP contribution in [0, 0.1) is 17.2 Å². The molecule has 2 aromatic heterocycles. The number of nitriles is 1. The summed E-state index contributed by atoms with van der Waals surface area (Å²) in [7, 11) is 0. The lowest BCUT2D eigenvalue weighted by molar-refractivity contribution is 0.00158. The zero-order chi connectivity index (χ0) is 28.5. The monoisotopic (exact) mass is 570 g/mol. The molecule has 1 aliphatic carbocycles. The topological polar surface area (TPSA) is 131 Å². The van der Waals surface area contributed by atoms with Crippen LogP contribution in [0.3, 0.4) is 0 Å². The van der Waals surface area contributed by atoms with E-state index in [0.717, 1.165) is 75.6 Å². The molecular formula is C31H38N8O3. The second kappa shape index (κ2) is 11.8. The van der Waals surface area contributed by atoms with Crippen molar-refractivity contribution in [2.75, 3.05) is 63.2 Å². The highest BCUT2D eigenvalue weighted by Crippen LogP contribution is 2.39. The summed E-state index contributed by atoms with van der Waals surface area (Å²) in [5.41, 5.74) is 3.51. The Hall–Kier alpha value is -3.88. The largest absolute Gasteiger partial charge is 0.491 e. The molecule has 1 amide bonds. The number of amides is 1. The molecule has 4 aliphatic rings. The van der Waals surface area contributed by atoms with Gasteiger partial charge in [-0.3, -0.25) is 9.69 Å². The third-order valence-electron chi connectivity index (χ3n) is 9.33. The van der Waals surface area contributed by atoms with E-state index in [1.54, 1.807) is 6.20 Å². The normalized spacial score (nSPS) is 19.9. The summed E-state index contributed by atoms with van der Waals surface area (Å²) >= 11 is 0. The van der Waals surface area contributed by atoms with Gasteiger partial charge in [0.2, 0.25) is 5.95 Å². The molecule has 1 aromatic carbocycles. The quantitative estimate of drug-likeness (QED) is 0.385. The number of hydrogen-bond donors (Lipinski definition) is 3. The summed E-state index contributed by atoms with van der Waals surface area (Å²) in [6, 6.07) is 6.58. The molecule has 3 fully saturated rings. The molecule has 5 heterocycles. The molecule has 220 valence electrons. The fourth-order valence-electron chi connectivity index (χ4n) is 7.02. The van der Waals surface area contributed by atoms with Crippen LogP contribution in [0.15, 0.2) is 18.3 Å². The number of nitrogens with one attached hydrogen (secondary N) is 3. The Bertz CT molecular complexity index is 1490. The number of ether oxygens (including phenoxy) is 2. The van der Waals surface area contributed by atoms with Gasteiger partial charge in [-0.1, -0.05) is 12.8 Å². The van der Waals surface area contributed by atoms with Crippen LogP contribution in [0.5, 0.6) is 5.75 Å². The van der Waals surface area contributed by atoms with E-state index < -0.39 is 0 Å². The first kappa shape index (κ1) is 27.0. The first-order valence-corrected chi connectivity index (χ1v) is 15.4. The molecule has 0 unspecified atom stereocenters. The number of fused-ring (bicyclic) bond motifs is 2. The fraction of sp³-hybridized carbons (Fsp3) is 0.548. The number of piperidine rings is 1. The van der Waals surface area contributed by atoms with Gasteiger partial charge < -0.3 is 30.0 Å². The van der Waals surface area contributed by atoms with E-state index in [4.69, 9.17) is 14.5 Å². The number of carbonyl (C=O) groups excluding carboxylic acids is 1. The number of anilines is 3. The summed E-state index contributed by atoms with van der Waals surface area (Å²) in [6.45, 7) is 6.45. The number of rotatable bonds is 7. The van der Waals surface area contributed by atoms with Crippen molar-refractivity contribution in [3.05, 3.63) is 35.0 Å². The number of aromatic amines is 1. The molecule has 2 saturated heterocycles. The lowest BCUT2D eigenvalue weighted by Gasteiger charge is -2.40. The Labute approximate surface area is 245 Å². The molecule has 11 heteroatoms. The molecule has 11 nitrogen and oxygen atoms in total. The Morgan fingerprint density at radius 2 is 1.88 bits per heavy atom. The van der Waals surface area contributed by atoms with Gasteiger partial charge in [0.05, 0.1) is 36.5 Å². The minimum Gasteiger partial charge on any atom is -0.491 e. The number of hydrogen-bond acceptors (Lipinski definition) is 9. The number of benzene rings is 1. The van der Waals surface area contributed by atoms with Crippen LogP contribution in [0.4, 0.5) is 17.5 Å². The van der Waals surface area contributed by atoms with Crippen molar-refractivity contribution >= 4 is 34.4 Å². The molecule has 3 N–H and O–H groups in total. The zero-order valence-corrected chi connectivity index (χ0v) is 24.0. The number of carbonyl (C=O) groups is 1. The Morgan fingerprint density at radius 1 is 1.07 bits per heavy atom. The lowest BCUT2D eigenvalue weighted by Crippen LogP contribution is -2.50. The van der Waals surface area contributed by atoms with E-state index >= 15 is 0 Å². The van der Waals surface area contributed by atoms with E-state index in [1.807, 2.05) is 17.0 Å². The molecule has 0 atom stereocenters. The molecule has 0 bridgehead atoms. The number of likely N-dealkylation sites (tertiary alicyclic amines) is 1. The average Bonchev–Trinajstić information content (AvgIpc) is 3.82. The van der Waals surface area contributed by atoms with Crippen molar-refractivity contribution in [3.63, 3.8) is 0 Å². The van der Waals surface area contributed by atoms with Crippen molar-refractivity contribution in [1.82, 2.24) is 24.8 Å². The van der Waals surface area contributed by atoms with Gasteiger partial charge >= 0.3 is 0 Å². The first-order chi connectivity index (χ1) is 20.7. The minimum atomic E-state index is 0.0789. The van der Waals surface area contributed by atoms with Gasteiger partial charge in [0, 0.05) is 62.5 Å². The lowest BCUT2D eigenvalue weighted by atomic mass is 9.99. The van der Waals surface area contributed by atoms with E-state index in [1.165, 1.54) is 25.7 Å². The predicted molar refractivity (Wildman–Crippen MR) is 159 cm³/mol. The summed E-state index contributed by atoms with van der Waals surface area (Å²) in [5.74, 6) is 2.44. The molecule has 0 radical (unpaired) electrons. The van der Waals surface area contributed by atoms with Crippen molar-refractivity contribution in [2.45, 2.75) is 51.0 Å². The van der Waals surface area contributed by atoms with E-state index in [9.17, 15) is 10.1 Å². The van der Waals surface area contributed by atoms with Crippen LogP contribution >= 0.6 is 0 Å². The first-order valence-electron chi connectivity index (χ1n) is 15.4. The summed E-state index contributed by atoms with van der Waals surface area (Å²) < 4.78 is 11.6. The predicted octanol–water partition coefficient (Wildman–Crippen LogP) is 4.05. The maximum Gasteiger partial charge on any atom is 0.254 e. The van der Waals surface area contributed by atoms with Gasteiger partial charge in [-0.15, -0.1) is 0 Å². The highest BCUT2D eigenvalue weighted by molar-refractivity contribution is 5.98. The highest BCUT2D eigenvalue weighted by atomic mass is 16.5. The van der Waals surface area contributed by atoms with Crippen molar-refractivity contribution in [3.8, 4) is 11.8 Å². The van der Waals surface area contributed by atoms with Crippen molar-refractivity contribution < 1.29 is 14.3 Å². The standard InChI is InChI=1S/C31H38N8O3/c32-17-21-19-34-29-26(21)28(33-18-20-3-1-2-4-20)36-31(37-29)35-25-6-5-24(23-9-14-42-27(23)25)30(40)39-10-7-22(8-11-39)38-12-15-41-16-13-38/h5-6,19-20,22H,1-4,7-16,18H2,(H3,33,34,35,36,37). The van der Waals surface area contributed by atoms with Crippen LogP contribution in [0.2, 0.25) is 0 Å². The second-order valence-electron chi connectivity index (χ2n) is 11.8. The average molecular weight is 571 g/mol. The van der Waals surface area contributed by atoms with E-state index in [0.29, 0.717) is 59.1 Å². The van der Waals surface area contributed by atoms with Crippen LogP contribution in [0.1, 0.15) is 60.0 Å². The zero-order valence-electron chi connectivity index (χ0n) is 24.0. The van der Waals surface area contributed by atoms with Gasteiger partial charge in [0.1, 0.15) is 23.3 Å². The number of morpholine rings is 1. The van der Waals surface area contributed by atoms with Crippen LogP contribution in [0.25, 0.3) is 11.0 Å². The Morgan fingerprint density at radius 3 is 2.67 bits per heavy atom. The van der Waals surface area contributed by atoms with Gasteiger partial charge in [-0.25, -0.2) is 0 Å². The third kappa shape index (κ3) is 5.25. The maximum absolute atomic E-state index is 13.7. The third-order valence-corrected chi connectivity index (χ3v) is 9.33. The van der Waals surface area contributed by atoms with Gasteiger partial charge in [0.15, 0.2) is 0 Å². The second-order valence-corrected chi connectivity index (χ2v) is 11.8. The minimum absolute atomic E-state index is 0.0789. The van der Waals surface area contributed by atoms with E-state index in [-0.39, 0.29) is 5.91 Å². The van der Waals surface area contributed by atoms with E-state index in [2.05, 4.69) is 31.6 Å². The summed E-state index contributed by atoms with van der Waals surface area (Å²) in [5, 5.41) is 17.2. The molecule has 3 aromatic rings. The van der Waals surface area contributed by atoms with Crippen LogP contribution in [-0.4, -0.2) is 89.2 Å². The number of aromatic nitrogens is 3. The molecular weight excluding hydrogens is 532 g/mol. The maximum atomic E-state index is 13.7. The summed E-state index contributed by atoms with van der Waals surface area (Å²) in [4.78, 5) is 30.8. The molecule has 7 rings (SSSR count). The molecule has 0 spiro atoms. The smallest absolute Gasteiger partial charge is 0.254 e. The molecule has 42 heavy (non-hydrogen) atoms. The Balaban J connectivity index is 1.09. The number of nitrogens with zero attached hydrogens (tertiary/aromatic N) is 5. The van der Waals surface area contributed by atoms with Crippen molar-refractivity contribution in [1.29, 1.82) is 5.26 Å². The van der Waals surface area contributed by atoms with Crippen LogP contribution < -0.4 is 15.4 Å².